The number of piperazine rings is 1. The second-order valence-corrected chi connectivity index (χ2v) is 10.3. The summed E-state index contributed by atoms with van der Waals surface area (Å²) >= 11 is 0. The van der Waals surface area contributed by atoms with Gasteiger partial charge < -0.3 is 20.9 Å². The van der Waals surface area contributed by atoms with Crippen molar-refractivity contribution in [2.24, 2.45) is 0 Å². The fraction of sp³-hybridized carbons (Fsp3) is 0.241. The lowest BCUT2D eigenvalue weighted by Crippen LogP contribution is -2.52. The van der Waals surface area contributed by atoms with Crippen LogP contribution in [-0.4, -0.2) is 65.5 Å². The molecule has 2 unspecified atom stereocenters. The van der Waals surface area contributed by atoms with E-state index in [9.17, 15) is 27.6 Å². The van der Waals surface area contributed by atoms with Crippen molar-refractivity contribution in [3.8, 4) is 11.3 Å². The molecule has 0 aliphatic carbocycles. The number of carbonyl (C=O) groups is 3. The Morgan fingerprint density at radius 1 is 1.12 bits per heavy atom. The van der Waals surface area contributed by atoms with Gasteiger partial charge in [-0.2, -0.15) is 13.2 Å². The molecular weight excluding hydrogens is 565 g/mol. The molecule has 2 aliphatic rings. The van der Waals surface area contributed by atoms with Gasteiger partial charge in [-0.15, -0.1) is 0 Å². The molecule has 3 aromatic heterocycles. The summed E-state index contributed by atoms with van der Waals surface area (Å²) in [5, 5.41) is 2.38. The first kappa shape index (κ1) is 27.9. The topological polar surface area (TPSA) is 139 Å². The molecule has 2 aliphatic heterocycles. The number of aromatic nitrogens is 4. The highest BCUT2D eigenvalue weighted by Gasteiger charge is 2.54. The van der Waals surface area contributed by atoms with Gasteiger partial charge in [0.2, 0.25) is 11.8 Å². The quantitative estimate of drug-likeness (QED) is 0.338. The number of nitrogens with zero attached hydrogens (tertiary/aromatic N) is 6. The van der Waals surface area contributed by atoms with E-state index in [-0.39, 0.29) is 41.1 Å². The van der Waals surface area contributed by atoms with Gasteiger partial charge in [-0.1, -0.05) is 18.7 Å². The van der Waals surface area contributed by atoms with Crippen LogP contribution >= 0.6 is 0 Å². The van der Waals surface area contributed by atoms with E-state index < -0.39 is 23.7 Å². The molecule has 4 aromatic rings. The number of carbonyl (C=O) groups excluding carboxylic acids is 3. The summed E-state index contributed by atoms with van der Waals surface area (Å²) in [4.78, 5) is 54.6. The lowest BCUT2D eigenvalue weighted by atomic mass is 10.1. The molecule has 2 bridgehead atoms. The molecule has 220 valence electrons. The minimum absolute atomic E-state index is 0.0975. The summed E-state index contributed by atoms with van der Waals surface area (Å²) in [7, 11) is 0. The number of anilines is 2. The van der Waals surface area contributed by atoms with Gasteiger partial charge in [0.15, 0.2) is 0 Å². The van der Waals surface area contributed by atoms with Crippen molar-refractivity contribution in [3.05, 3.63) is 84.6 Å². The van der Waals surface area contributed by atoms with Gasteiger partial charge in [-0.3, -0.25) is 18.8 Å². The molecule has 11 nitrogen and oxygen atoms in total. The molecule has 0 radical (unpaired) electrons. The Labute approximate surface area is 242 Å². The summed E-state index contributed by atoms with van der Waals surface area (Å²) in [6, 6.07) is 6.76. The molecule has 6 rings (SSSR count). The molecule has 0 spiro atoms. The number of likely N-dealkylation sites (tertiary alicyclic amines) is 2. The number of hydrogen-bond acceptors (Lipinski definition) is 7. The van der Waals surface area contributed by atoms with Crippen LogP contribution in [0.15, 0.2) is 67.6 Å². The van der Waals surface area contributed by atoms with E-state index in [2.05, 4.69) is 21.9 Å². The number of nitrogens with one attached hydrogen (secondary N) is 1. The average Bonchev–Trinajstić information content (AvgIpc) is 3.69. The van der Waals surface area contributed by atoms with Gasteiger partial charge in [-0.25, -0.2) is 15.0 Å². The SMILES string of the molecule is C=CC(=O)N1C2C[C@@H](C1c1nc(-c3ccc(C(=O)Nc4cc(C(F)(F)F)ccn4)cc3)c3c(N)nccn13)N(C(C)=O)C2. The molecule has 3 N–H and O–H groups in total. The molecule has 5 heterocycles. The number of alkyl halides is 3. The monoisotopic (exact) mass is 590 g/mol. The first-order valence-electron chi connectivity index (χ1n) is 13.3. The summed E-state index contributed by atoms with van der Waals surface area (Å²) in [5.74, 6) is -0.588. The van der Waals surface area contributed by atoms with E-state index in [4.69, 9.17) is 10.7 Å². The van der Waals surface area contributed by atoms with Crippen molar-refractivity contribution in [3.63, 3.8) is 0 Å². The van der Waals surface area contributed by atoms with Crippen molar-refractivity contribution in [2.75, 3.05) is 17.6 Å². The Morgan fingerprint density at radius 2 is 1.86 bits per heavy atom. The van der Waals surface area contributed by atoms with Gasteiger partial charge in [0.05, 0.1) is 17.6 Å². The maximum Gasteiger partial charge on any atom is 0.416 e. The highest BCUT2D eigenvalue weighted by Crippen LogP contribution is 2.46. The van der Waals surface area contributed by atoms with E-state index in [1.54, 1.807) is 32.5 Å². The predicted molar refractivity (Wildman–Crippen MR) is 149 cm³/mol. The van der Waals surface area contributed by atoms with Crippen LogP contribution < -0.4 is 11.1 Å². The van der Waals surface area contributed by atoms with E-state index in [0.29, 0.717) is 35.6 Å². The summed E-state index contributed by atoms with van der Waals surface area (Å²) in [5.41, 5.74) is 7.03. The molecule has 14 heteroatoms. The van der Waals surface area contributed by atoms with E-state index in [1.807, 2.05) is 0 Å². The van der Waals surface area contributed by atoms with Crippen LogP contribution in [0.25, 0.3) is 16.8 Å². The Hall–Kier alpha value is -5.27. The largest absolute Gasteiger partial charge is 0.416 e. The number of fused-ring (bicyclic) bond motifs is 3. The third-order valence-electron chi connectivity index (χ3n) is 7.84. The van der Waals surface area contributed by atoms with Crippen LogP contribution in [0.3, 0.4) is 0 Å². The number of benzene rings is 1. The predicted octanol–water partition coefficient (Wildman–Crippen LogP) is 3.70. The maximum atomic E-state index is 13.0. The van der Waals surface area contributed by atoms with E-state index >= 15 is 0 Å². The second-order valence-electron chi connectivity index (χ2n) is 10.3. The Morgan fingerprint density at radius 3 is 2.53 bits per heavy atom. The number of pyridine rings is 1. The number of hydrogen-bond donors (Lipinski definition) is 2. The Kier molecular flexibility index (Phi) is 6.63. The number of rotatable bonds is 5. The van der Waals surface area contributed by atoms with E-state index in [0.717, 1.165) is 18.3 Å². The molecule has 2 fully saturated rings. The highest BCUT2D eigenvalue weighted by atomic mass is 19.4. The number of imidazole rings is 1. The summed E-state index contributed by atoms with van der Waals surface area (Å²) in [6.07, 6.45) is 1.43. The van der Waals surface area contributed by atoms with E-state index in [1.165, 1.54) is 31.3 Å². The lowest BCUT2D eigenvalue weighted by Gasteiger charge is -2.39. The third-order valence-corrected chi connectivity index (χ3v) is 7.84. The van der Waals surface area contributed by atoms with Crippen molar-refractivity contribution in [1.29, 1.82) is 0 Å². The highest BCUT2D eigenvalue weighted by molar-refractivity contribution is 6.04. The summed E-state index contributed by atoms with van der Waals surface area (Å²) in [6.45, 7) is 5.57. The average molecular weight is 591 g/mol. The van der Waals surface area contributed by atoms with Crippen molar-refractivity contribution >= 4 is 34.9 Å². The van der Waals surface area contributed by atoms with Gasteiger partial charge >= 0.3 is 6.18 Å². The molecule has 43 heavy (non-hydrogen) atoms. The standard InChI is InChI=1S/C29H25F3N8O3/c1-3-22(42)40-19-13-20(39(14-19)15(2)41)24(40)27-37-23(25-26(33)35-10-11-38(25)27)16-4-6-17(7-5-16)28(43)36-21-12-18(8-9-34-21)29(30,31)32/h3-12,19-20,24H,1,13-14H2,2H3,(H2,33,35)(H,34,36,43)/t19?,20-,24?/m0/s1. The van der Waals surface area contributed by atoms with Crippen LogP contribution in [0.1, 0.15) is 41.1 Å². The van der Waals surface area contributed by atoms with Crippen LogP contribution in [0.4, 0.5) is 24.8 Å². The normalized spacial score (nSPS) is 19.6. The van der Waals surface area contributed by atoms with Gasteiger partial charge in [0.25, 0.3) is 5.91 Å². The zero-order chi connectivity index (χ0) is 30.6. The molecule has 3 atom stereocenters. The number of amides is 3. The zero-order valence-electron chi connectivity index (χ0n) is 22.7. The van der Waals surface area contributed by atoms with Gasteiger partial charge in [0, 0.05) is 43.2 Å². The van der Waals surface area contributed by atoms with Gasteiger partial charge in [0.1, 0.15) is 34.7 Å². The first-order valence-corrected chi connectivity index (χ1v) is 13.3. The minimum atomic E-state index is -4.58. The van der Waals surface area contributed by atoms with Crippen LogP contribution in [0.2, 0.25) is 0 Å². The molecule has 3 amide bonds. The first-order chi connectivity index (χ1) is 20.5. The number of halogens is 3. The third kappa shape index (κ3) is 4.73. The maximum absolute atomic E-state index is 13.0. The van der Waals surface area contributed by atoms with Crippen LogP contribution in [-0.2, 0) is 15.8 Å². The lowest BCUT2D eigenvalue weighted by molar-refractivity contribution is -0.139. The van der Waals surface area contributed by atoms with Crippen molar-refractivity contribution in [2.45, 2.75) is 37.6 Å². The number of nitrogen functional groups attached to an aromatic ring is 1. The Balaban J connectivity index is 1.36. The molecule has 0 saturated carbocycles. The minimum Gasteiger partial charge on any atom is -0.382 e. The zero-order valence-corrected chi connectivity index (χ0v) is 22.7. The fourth-order valence-electron chi connectivity index (χ4n) is 5.98. The molecular formula is C29H25F3N8O3. The van der Waals surface area contributed by atoms with Crippen LogP contribution in [0, 0.1) is 0 Å². The van der Waals surface area contributed by atoms with Crippen molar-refractivity contribution in [1.82, 2.24) is 29.2 Å². The van der Waals surface area contributed by atoms with Crippen LogP contribution in [0.5, 0.6) is 0 Å². The second kappa shape index (κ2) is 10.2. The molecule has 2 saturated heterocycles. The Bertz CT molecular complexity index is 1790. The smallest absolute Gasteiger partial charge is 0.382 e. The molecule has 1 aromatic carbocycles. The van der Waals surface area contributed by atoms with Crippen molar-refractivity contribution < 1.29 is 27.6 Å². The van der Waals surface area contributed by atoms with Gasteiger partial charge in [-0.05, 0) is 36.8 Å². The fourth-order valence-corrected chi connectivity index (χ4v) is 5.98. The number of nitrogens with two attached hydrogens (primary N) is 1. The summed E-state index contributed by atoms with van der Waals surface area (Å²) < 4.78 is 40.9.